The van der Waals surface area contributed by atoms with Crippen molar-refractivity contribution in [2.45, 2.75) is 19.0 Å². The zero-order chi connectivity index (χ0) is 10.8. The zero-order valence-corrected chi connectivity index (χ0v) is 6.22. The Balaban J connectivity index is 4.96. The molecule has 7 heteroatoms. The lowest BCUT2D eigenvalue weighted by Crippen LogP contribution is -2.29. The molecule has 0 saturated carbocycles. The van der Waals surface area contributed by atoms with Gasteiger partial charge in [-0.15, -0.1) is 0 Å². The zero-order valence-electron chi connectivity index (χ0n) is 6.22. The molecule has 0 amide bonds. The number of rotatable bonds is 3. The molecule has 13 heavy (non-hydrogen) atoms. The molecule has 0 spiro atoms. The standard InChI is InChI=1S/C6H4F7/c1-2(7)6(12,13)4(9)3(8)5(10)11/h2H,1H3/b4-3+. The molecular weight excluding hydrogens is 205 g/mol. The first-order valence-electron chi connectivity index (χ1n) is 2.97. The van der Waals surface area contributed by atoms with Crippen LogP contribution in [0.3, 0.4) is 0 Å². The van der Waals surface area contributed by atoms with Gasteiger partial charge in [-0.25, -0.2) is 13.2 Å². The van der Waals surface area contributed by atoms with Gasteiger partial charge in [0.05, 0.1) is 0 Å². The molecule has 0 heterocycles. The van der Waals surface area contributed by atoms with Crippen LogP contribution in [0.15, 0.2) is 11.7 Å². The third-order valence-electron chi connectivity index (χ3n) is 1.15. The number of halogens is 7. The van der Waals surface area contributed by atoms with Gasteiger partial charge in [-0.05, 0) is 6.92 Å². The van der Waals surface area contributed by atoms with Crippen molar-refractivity contribution in [3.05, 3.63) is 18.1 Å². The van der Waals surface area contributed by atoms with E-state index < -0.39 is 30.2 Å². The molecule has 0 N–H and O–H groups in total. The molecule has 0 aromatic carbocycles. The van der Waals surface area contributed by atoms with Gasteiger partial charge in [0.15, 0.2) is 6.17 Å². The molecule has 0 saturated heterocycles. The van der Waals surface area contributed by atoms with Crippen LogP contribution in [0.25, 0.3) is 0 Å². The van der Waals surface area contributed by atoms with Crippen LogP contribution in [-0.4, -0.2) is 12.1 Å². The first kappa shape index (κ1) is 12.2. The Hall–Kier alpha value is -0.750. The summed E-state index contributed by atoms with van der Waals surface area (Å²) in [4.78, 5) is 0. The third-order valence-corrected chi connectivity index (χ3v) is 1.15. The predicted octanol–water partition coefficient (Wildman–Crippen LogP) is 3.56. The van der Waals surface area contributed by atoms with Crippen LogP contribution in [0.1, 0.15) is 6.92 Å². The lowest BCUT2D eigenvalue weighted by molar-refractivity contribution is -0.0513. The first-order chi connectivity index (χ1) is 5.71. The SMILES string of the molecule is CC(F)C(F)(F)/C(F)=C(\F)[C](F)F. The van der Waals surface area contributed by atoms with E-state index in [-0.39, 0.29) is 6.92 Å². The summed E-state index contributed by atoms with van der Waals surface area (Å²) in [5, 5.41) is 0. The maximum absolute atomic E-state index is 12.2. The minimum absolute atomic E-state index is 0.225. The summed E-state index contributed by atoms with van der Waals surface area (Å²) in [7, 11) is 0. The second-order valence-electron chi connectivity index (χ2n) is 2.13. The summed E-state index contributed by atoms with van der Waals surface area (Å²) < 4.78 is 82.7. The molecule has 1 unspecified atom stereocenters. The first-order valence-corrected chi connectivity index (χ1v) is 2.97. The van der Waals surface area contributed by atoms with E-state index in [1.807, 2.05) is 0 Å². The highest BCUT2D eigenvalue weighted by molar-refractivity contribution is 5.18. The van der Waals surface area contributed by atoms with Crippen molar-refractivity contribution in [3.63, 3.8) is 0 Å². The van der Waals surface area contributed by atoms with E-state index in [9.17, 15) is 30.7 Å². The summed E-state index contributed by atoms with van der Waals surface area (Å²) in [5.41, 5.74) is 0. The van der Waals surface area contributed by atoms with Crippen LogP contribution in [0.4, 0.5) is 30.7 Å². The predicted molar refractivity (Wildman–Crippen MR) is 30.2 cm³/mol. The largest absolute Gasteiger partial charge is 0.370 e. The van der Waals surface area contributed by atoms with Gasteiger partial charge in [-0.3, -0.25) is 0 Å². The van der Waals surface area contributed by atoms with Crippen LogP contribution < -0.4 is 0 Å². The summed E-state index contributed by atoms with van der Waals surface area (Å²) in [6, 6.07) is 0. The Bertz CT molecular complexity index is 205. The third kappa shape index (κ3) is 2.60. The molecule has 77 valence electrons. The molecule has 0 aromatic rings. The van der Waals surface area contributed by atoms with Gasteiger partial charge in [0.25, 0.3) is 0 Å². The van der Waals surface area contributed by atoms with Crippen LogP contribution in [0.5, 0.6) is 0 Å². The molecule has 0 nitrogen and oxygen atoms in total. The fourth-order valence-corrected chi connectivity index (χ4v) is 0.404. The Kier molecular flexibility index (Phi) is 3.74. The molecule has 0 fully saturated rings. The maximum atomic E-state index is 12.2. The molecule has 0 rings (SSSR count). The quantitative estimate of drug-likeness (QED) is 0.623. The Morgan fingerprint density at radius 2 is 1.46 bits per heavy atom. The Morgan fingerprint density at radius 1 is 1.08 bits per heavy atom. The second-order valence-corrected chi connectivity index (χ2v) is 2.13. The fourth-order valence-electron chi connectivity index (χ4n) is 0.404. The minimum Gasteiger partial charge on any atom is -0.241 e. The normalized spacial score (nSPS) is 17.3. The van der Waals surface area contributed by atoms with Crippen LogP contribution >= 0.6 is 0 Å². The molecule has 0 aliphatic heterocycles. The summed E-state index contributed by atoms with van der Waals surface area (Å²) >= 11 is 0. The highest BCUT2D eigenvalue weighted by Crippen LogP contribution is 2.36. The average Bonchev–Trinajstić information content (AvgIpc) is 2.01. The van der Waals surface area contributed by atoms with Gasteiger partial charge in [0.2, 0.25) is 11.7 Å². The number of allylic oxidation sites excluding steroid dienone is 2. The smallest absolute Gasteiger partial charge is 0.241 e. The lowest BCUT2D eigenvalue weighted by Gasteiger charge is -2.15. The van der Waals surface area contributed by atoms with E-state index in [0.717, 1.165) is 0 Å². The van der Waals surface area contributed by atoms with E-state index in [1.54, 1.807) is 0 Å². The van der Waals surface area contributed by atoms with Crippen molar-refractivity contribution in [1.29, 1.82) is 0 Å². The highest BCUT2D eigenvalue weighted by atomic mass is 19.3. The molecule has 0 aliphatic rings. The minimum atomic E-state index is -4.87. The topological polar surface area (TPSA) is 0 Å². The fraction of sp³-hybridized carbons (Fsp3) is 0.500. The van der Waals surface area contributed by atoms with Crippen LogP contribution in [-0.2, 0) is 0 Å². The summed E-state index contributed by atoms with van der Waals surface area (Å²) in [5.74, 6) is -11.0. The van der Waals surface area contributed by atoms with E-state index in [2.05, 4.69) is 0 Å². The average molecular weight is 209 g/mol. The van der Waals surface area contributed by atoms with E-state index in [0.29, 0.717) is 0 Å². The van der Waals surface area contributed by atoms with Gasteiger partial charge >= 0.3 is 12.3 Å². The molecule has 1 radical (unpaired) electrons. The van der Waals surface area contributed by atoms with Gasteiger partial charge in [-0.2, -0.15) is 17.6 Å². The van der Waals surface area contributed by atoms with Gasteiger partial charge in [0.1, 0.15) is 0 Å². The van der Waals surface area contributed by atoms with Gasteiger partial charge < -0.3 is 0 Å². The van der Waals surface area contributed by atoms with Crippen molar-refractivity contribution >= 4 is 0 Å². The number of hydrogen-bond acceptors (Lipinski definition) is 0. The second kappa shape index (κ2) is 3.97. The molecule has 0 aromatic heterocycles. The molecule has 0 aliphatic carbocycles. The molecule has 1 atom stereocenters. The Morgan fingerprint density at radius 3 is 1.69 bits per heavy atom. The lowest BCUT2D eigenvalue weighted by atomic mass is 10.2. The monoisotopic (exact) mass is 209 g/mol. The summed E-state index contributed by atoms with van der Waals surface area (Å²) in [6.45, 7) is 0.225. The molecular formula is C6H4F7. The van der Waals surface area contributed by atoms with E-state index in [1.165, 1.54) is 0 Å². The van der Waals surface area contributed by atoms with Crippen molar-refractivity contribution in [3.8, 4) is 0 Å². The molecule has 0 bridgehead atoms. The number of hydrogen-bond donors (Lipinski definition) is 0. The van der Waals surface area contributed by atoms with Crippen molar-refractivity contribution in [2.24, 2.45) is 0 Å². The van der Waals surface area contributed by atoms with Crippen molar-refractivity contribution in [1.82, 2.24) is 0 Å². The Labute approximate surface area is 69.0 Å². The van der Waals surface area contributed by atoms with Gasteiger partial charge in [-0.1, -0.05) is 0 Å². The van der Waals surface area contributed by atoms with Crippen LogP contribution in [0, 0.1) is 6.43 Å². The van der Waals surface area contributed by atoms with Crippen molar-refractivity contribution in [2.75, 3.05) is 0 Å². The van der Waals surface area contributed by atoms with Crippen molar-refractivity contribution < 1.29 is 30.7 Å². The van der Waals surface area contributed by atoms with E-state index >= 15 is 0 Å². The summed E-state index contributed by atoms with van der Waals surface area (Å²) in [6.07, 6.45) is -6.34. The van der Waals surface area contributed by atoms with Crippen LogP contribution in [0.2, 0.25) is 0 Å². The van der Waals surface area contributed by atoms with E-state index in [4.69, 9.17) is 0 Å². The number of alkyl halides is 3. The maximum Gasteiger partial charge on any atom is 0.370 e. The van der Waals surface area contributed by atoms with Gasteiger partial charge in [0, 0.05) is 0 Å². The highest BCUT2D eigenvalue weighted by Gasteiger charge is 2.46.